The lowest BCUT2D eigenvalue weighted by atomic mass is 10.2. The predicted octanol–water partition coefficient (Wildman–Crippen LogP) is 5.54. The van der Waals surface area contributed by atoms with E-state index in [0.29, 0.717) is 17.1 Å². The molecule has 2 aromatic carbocycles. The summed E-state index contributed by atoms with van der Waals surface area (Å²) in [5.41, 5.74) is 0.644. The molecule has 0 saturated carbocycles. The van der Waals surface area contributed by atoms with Gasteiger partial charge >= 0.3 is 0 Å². The van der Waals surface area contributed by atoms with Crippen LogP contribution in [0, 0.1) is 0 Å². The zero-order chi connectivity index (χ0) is 20.3. The van der Waals surface area contributed by atoms with E-state index in [1.54, 1.807) is 65.9 Å². The molecule has 0 spiro atoms. The average Bonchev–Trinajstić information content (AvgIpc) is 3.40. The van der Waals surface area contributed by atoms with Crippen molar-refractivity contribution in [3.05, 3.63) is 82.0 Å². The molecule has 0 radical (unpaired) electrons. The van der Waals surface area contributed by atoms with Crippen LogP contribution in [0.1, 0.15) is 4.88 Å². The highest BCUT2D eigenvalue weighted by atomic mass is 35.5. The molecule has 148 valence electrons. The van der Waals surface area contributed by atoms with Crippen LogP contribution < -0.4 is 5.32 Å². The smallest absolute Gasteiger partial charge is 0.233 e. The normalized spacial score (nSPS) is 11.5. The standard InChI is InChI=1S/C21H17ClN2O3S2/c22-16-10-8-15(9-11-16)19-24-21(29(25,26)18-6-2-1-3-7-18)20(27-19)23-13-12-17-5-4-14-28-17/h1-11,14,23H,12-13H2. The maximum absolute atomic E-state index is 13.2. The molecule has 0 bridgehead atoms. The Kier molecular flexibility index (Phi) is 5.71. The maximum atomic E-state index is 13.2. The number of oxazole rings is 1. The van der Waals surface area contributed by atoms with E-state index < -0.39 is 9.84 Å². The molecule has 4 aromatic rings. The summed E-state index contributed by atoms with van der Waals surface area (Å²) in [4.78, 5) is 5.68. The van der Waals surface area contributed by atoms with Crippen LogP contribution in [-0.2, 0) is 16.3 Å². The van der Waals surface area contributed by atoms with Crippen molar-refractivity contribution < 1.29 is 12.8 Å². The lowest BCUT2D eigenvalue weighted by Crippen LogP contribution is -2.09. The first-order valence-electron chi connectivity index (χ1n) is 8.87. The number of sulfone groups is 1. The molecule has 4 rings (SSSR count). The Balaban J connectivity index is 1.70. The number of aromatic nitrogens is 1. The minimum absolute atomic E-state index is 0.125. The summed E-state index contributed by atoms with van der Waals surface area (Å²) in [6.07, 6.45) is 0.749. The van der Waals surface area contributed by atoms with Crippen LogP contribution in [0.15, 0.2) is 86.4 Å². The average molecular weight is 445 g/mol. The summed E-state index contributed by atoms with van der Waals surface area (Å²) in [7, 11) is -3.84. The second-order valence-corrected chi connectivity index (χ2v) is 9.57. The third kappa shape index (κ3) is 4.37. The van der Waals surface area contributed by atoms with E-state index in [4.69, 9.17) is 16.0 Å². The van der Waals surface area contributed by atoms with Crippen LogP contribution in [0.3, 0.4) is 0 Å². The van der Waals surface area contributed by atoms with Crippen LogP contribution in [0.2, 0.25) is 5.02 Å². The molecule has 29 heavy (non-hydrogen) atoms. The molecule has 0 aliphatic rings. The van der Waals surface area contributed by atoms with Crippen molar-refractivity contribution >= 4 is 38.7 Å². The number of hydrogen-bond donors (Lipinski definition) is 1. The number of rotatable bonds is 7. The van der Waals surface area contributed by atoms with Crippen LogP contribution in [0.4, 0.5) is 5.88 Å². The second-order valence-electron chi connectivity index (χ2n) is 6.23. The van der Waals surface area contributed by atoms with E-state index in [-0.39, 0.29) is 21.7 Å². The van der Waals surface area contributed by atoms with Crippen molar-refractivity contribution in [1.82, 2.24) is 4.98 Å². The van der Waals surface area contributed by atoms with Gasteiger partial charge in [0.1, 0.15) is 0 Å². The van der Waals surface area contributed by atoms with E-state index in [1.165, 1.54) is 4.88 Å². The van der Waals surface area contributed by atoms with Gasteiger partial charge in [-0.2, -0.15) is 4.98 Å². The van der Waals surface area contributed by atoms with Gasteiger partial charge in [0, 0.05) is 22.0 Å². The van der Waals surface area contributed by atoms with Gasteiger partial charge in [-0.15, -0.1) is 11.3 Å². The Hall–Kier alpha value is -2.61. The van der Waals surface area contributed by atoms with Crippen molar-refractivity contribution in [2.24, 2.45) is 0 Å². The van der Waals surface area contributed by atoms with Gasteiger partial charge in [0.05, 0.1) is 4.90 Å². The van der Waals surface area contributed by atoms with Crippen molar-refractivity contribution in [3.8, 4) is 11.5 Å². The summed E-state index contributed by atoms with van der Waals surface area (Å²) in [6.45, 7) is 0.521. The fourth-order valence-electron chi connectivity index (χ4n) is 2.78. The van der Waals surface area contributed by atoms with Gasteiger partial charge in [0.25, 0.3) is 0 Å². The summed E-state index contributed by atoms with van der Waals surface area (Å²) < 4.78 is 32.2. The highest BCUT2D eigenvalue weighted by Gasteiger charge is 2.28. The Morgan fingerprint density at radius 3 is 2.45 bits per heavy atom. The van der Waals surface area contributed by atoms with Crippen LogP contribution in [-0.4, -0.2) is 19.9 Å². The third-order valence-electron chi connectivity index (χ3n) is 4.23. The zero-order valence-corrected chi connectivity index (χ0v) is 17.6. The summed E-state index contributed by atoms with van der Waals surface area (Å²) in [5.74, 6) is 0.352. The van der Waals surface area contributed by atoms with Gasteiger partial charge < -0.3 is 9.73 Å². The monoisotopic (exact) mass is 444 g/mol. The fraction of sp³-hybridized carbons (Fsp3) is 0.0952. The minimum atomic E-state index is -3.84. The summed E-state index contributed by atoms with van der Waals surface area (Å²) in [5, 5.41) is 5.56. The first kappa shape index (κ1) is 19.7. The SMILES string of the molecule is O=S(=O)(c1ccccc1)c1nc(-c2ccc(Cl)cc2)oc1NCCc1cccs1. The van der Waals surface area contributed by atoms with Gasteiger partial charge in [0.15, 0.2) is 0 Å². The van der Waals surface area contributed by atoms with Gasteiger partial charge in [0.2, 0.25) is 26.6 Å². The molecule has 0 aliphatic heterocycles. The van der Waals surface area contributed by atoms with Gasteiger partial charge in [-0.25, -0.2) is 8.42 Å². The summed E-state index contributed by atoms with van der Waals surface area (Å²) >= 11 is 7.60. The molecule has 0 aliphatic carbocycles. The maximum Gasteiger partial charge on any atom is 0.233 e. The lowest BCUT2D eigenvalue weighted by molar-refractivity contribution is 0.577. The van der Waals surface area contributed by atoms with E-state index in [0.717, 1.165) is 6.42 Å². The second kappa shape index (κ2) is 8.41. The van der Waals surface area contributed by atoms with Crippen molar-refractivity contribution in [2.75, 3.05) is 11.9 Å². The molecule has 5 nitrogen and oxygen atoms in total. The van der Waals surface area contributed by atoms with E-state index in [1.807, 2.05) is 17.5 Å². The molecule has 1 N–H and O–H groups in total. The summed E-state index contributed by atoms with van der Waals surface area (Å²) in [6, 6.07) is 19.1. The van der Waals surface area contributed by atoms with Crippen molar-refractivity contribution in [1.29, 1.82) is 0 Å². The molecule has 0 fully saturated rings. The third-order valence-corrected chi connectivity index (χ3v) is 7.10. The minimum Gasteiger partial charge on any atom is -0.419 e. The molecule has 0 saturated heterocycles. The lowest BCUT2D eigenvalue weighted by Gasteiger charge is -2.05. The first-order valence-corrected chi connectivity index (χ1v) is 11.6. The Morgan fingerprint density at radius 2 is 1.76 bits per heavy atom. The Bertz CT molecular complexity index is 1190. The first-order chi connectivity index (χ1) is 14.0. The molecular weight excluding hydrogens is 428 g/mol. The molecule has 0 unspecified atom stereocenters. The number of benzene rings is 2. The Labute approximate surface area is 177 Å². The number of nitrogens with one attached hydrogen (secondary N) is 1. The molecule has 8 heteroatoms. The van der Waals surface area contributed by atoms with Gasteiger partial charge in [-0.1, -0.05) is 35.9 Å². The Morgan fingerprint density at radius 1 is 1.00 bits per heavy atom. The fourth-order valence-corrected chi connectivity index (χ4v) is 4.92. The topological polar surface area (TPSA) is 72.2 Å². The quantitative estimate of drug-likeness (QED) is 0.405. The van der Waals surface area contributed by atoms with Crippen LogP contribution in [0.25, 0.3) is 11.5 Å². The highest BCUT2D eigenvalue weighted by Crippen LogP contribution is 2.32. The van der Waals surface area contributed by atoms with Crippen LogP contribution >= 0.6 is 22.9 Å². The predicted molar refractivity (Wildman–Crippen MR) is 115 cm³/mol. The van der Waals surface area contributed by atoms with E-state index in [2.05, 4.69) is 10.3 Å². The number of hydrogen-bond acceptors (Lipinski definition) is 6. The van der Waals surface area contributed by atoms with E-state index in [9.17, 15) is 8.42 Å². The van der Waals surface area contributed by atoms with E-state index >= 15 is 0 Å². The molecular formula is C21H17ClN2O3S2. The van der Waals surface area contributed by atoms with Crippen molar-refractivity contribution in [2.45, 2.75) is 16.3 Å². The number of anilines is 1. The highest BCUT2D eigenvalue weighted by molar-refractivity contribution is 7.91. The zero-order valence-electron chi connectivity index (χ0n) is 15.2. The number of thiophene rings is 1. The van der Waals surface area contributed by atoms with Crippen molar-refractivity contribution in [3.63, 3.8) is 0 Å². The van der Waals surface area contributed by atoms with Crippen LogP contribution in [0.5, 0.6) is 0 Å². The van der Waals surface area contributed by atoms with Gasteiger partial charge in [-0.05, 0) is 54.3 Å². The number of halogens is 1. The molecule has 2 aromatic heterocycles. The molecule has 0 amide bonds. The molecule has 0 atom stereocenters. The van der Waals surface area contributed by atoms with Gasteiger partial charge in [-0.3, -0.25) is 0 Å². The largest absolute Gasteiger partial charge is 0.419 e. The number of nitrogens with zero attached hydrogens (tertiary/aromatic N) is 1. The molecule has 2 heterocycles.